The number of anilines is 2. The Kier molecular flexibility index (Phi) is 2.62. The van der Waals surface area contributed by atoms with Gasteiger partial charge in [0.1, 0.15) is 12.1 Å². The van der Waals surface area contributed by atoms with Crippen molar-refractivity contribution in [2.45, 2.75) is 0 Å². The molecule has 4 rings (SSSR count). The van der Waals surface area contributed by atoms with E-state index in [0.717, 1.165) is 10.9 Å². The summed E-state index contributed by atoms with van der Waals surface area (Å²) in [6, 6.07) is 12.6. The van der Waals surface area contributed by atoms with Crippen LogP contribution in [0.1, 0.15) is 20.7 Å². The molecule has 22 heavy (non-hydrogen) atoms. The zero-order chi connectivity index (χ0) is 15.1. The molecule has 0 saturated carbocycles. The molecule has 106 valence electrons. The maximum Gasteiger partial charge on any atom is 0.259 e. The van der Waals surface area contributed by atoms with Gasteiger partial charge in [-0.25, -0.2) is 9.97 Å². The number of hydrogen-bond donors (Lipinski definition) is 2. The number of carbonyl (C=O) groups excluding carboxylic acids is 2. The number of fused-ring (bicyclic) bond motifs is 2. The minimum Gasteiger partial charge on any atom is -0.340 e. The number of hydrogen-bond acceptors (Lipinski definition) is 5. The van der Waals surface area contributed by atoms with Crippen LogP contribution in [-0.4, -0.2) is 21.8 Å². The normalized spacial score (nSPS) is 13.1. The molecule has 2 heterocycles. The van der Waals surface area contributed by atoms with E-state index in [-0.39, 0.29) is 11.8 Å². The Labute approximate surface area is 125 Å². The third-order valence-corrected chi connectivity index (χ3v) is 3.54. The number of imide groups is 1. The quantitative estimate of drug-likeness (QED) is 0.707. The SMILES string of the molecule is O=C1NC(=O)c2cc(Nc3ncnc4ccccc34)ccc21. The van der Waals surface area contributed by atoms with E-state index >= 15 is 0 Å². The maximum atomic E-state index is 11.7. The van der Waals surface area contributed by atoms with Crippen molar-refractivity contribution in [2.75, 3.05) is 5.32 Å². The molecular weight excluding hydrogens is 280 g/mol. The van der Waals surface area contributed by atoms with Crippen LogP contribution in [0.15, 0.2) is 48.8 Å². The second-order valence-corrected chi connectivity index (χ2v) is 4.91. The maximum absolute atomic E-state index is 11.7. The highest BCUT2D eigenvalue weighted by atomic mass is 16.2. The van der Waals surface area contributed by atoms with Gasteiger partial charge in [-0.05, 0) is 30.3 Å². The summed E-state index contributed by atoms with van der Waals surface area (Å²) in [5.41, 5.74) is 2.28. The number of rotatable bonds is 2. The molecular formula is C16H10N4O2. The lowest BCUT2D eigenvalue weighted by Gasteiger charge is -2.08. The molecule has 0 unspecified atom stereocenters. The molecule has 3 aromatic rings. The van der Waals surface area contributed by atoms with Gasteiger partial charge >= 0.3 is 0 Å². The fourth-order valence-electron chi connectivity index (χ4n) is 2.49. The molecule has 1 aliphatic rings. The van der Waals surface area contributed by atoms with Crippen LogP contribution in [0, 0.1) is 0 Å². The van der Waals surface area contributed by atoms with Gasteiger partial charge in [0, 0.05) is 11.1 Å². The van der Waals surface area contributed by atoms with E-state index in [1.165, 1.54) is 6.33 Å². The lowest BCUT2D eigenvalue weighted by atomic mass is 10.1. The molecule has 2 aromatic carbocycles. The van der Waals surface area contributed by atoms with Crippen molar-refractivity contribution in [3.8, 4) is 0 Å². The third-order valence-electron chi connectivity index (χ3n) is 3.54. The number of amides is 2. The molecule has 2 amide bonds. The minimum atomic E-state index is -0.379. The molecule has 1 aromatic heterocycles. The Balaban J connectivity index is 1.76. The van der Waals surface area contributed by atoms with E-state index in [9.17, 15) is 9.59 Å². The van der Waals surface area contributed by atoms with Crippen LogP contribution in [0.5, 0.6) is 0 Å². The van der Waals surface area contributed by atoms with Gasteiger partial charge in [-0.2, -0.15) is 0 Å². The fraction of sp³-hybridized carbons (Fsp3) is 0. The number of nitrogens with zero attached hydrogens (tertiary/aromatic N) is 2. The molecule has 0 saturated heterocycles. The van der Waals surface area contributed by atoms with Gasteiger partial charge < -0.3 is 5.32 Å². The average molecular weight is 290 g/mol. The Hall–Kier alpha value is -3.28. The van der Waals surface area contributed by atoms with Gasteiger partial charge in [-0.3, -0.25) is 14.9 Å². The van der Waals surface area contributed by atoms with Crippen molar-refractivity contribution < 1.29 is 9.59 Å². The molecule has 0 spiro atoms. The van der Waals surface area contributed by atoms with Crippen LogP contribution in [0.3, 0.4) is 0 Å². The van der Waals surface area contributed by atoms with Crippen LogP contribution in [0.2, 0.25) is 0 Å². The van der Waals surface area contributed by atoms with Crippen molar-refractivity contribution in [1.82, 2.24) is 15.3 Å². The summed E-state index contributed by atoms with van der Waals surface area (Å²) in [7, 11) is 0. The molecule has 0 atom stereocenters. The lowest BCUT2D eigenvalue weighted by Crippen LogP contribution is -2.19. The standard InChI is InChI=1S/C16H10N4O2/c21-15-10-6-5-9(7-12(10)16(22)20-15)19-14-11-3-1-2-4-13(11)17-8-18-14/h1-8H,(H,17,18,19)(H,20,21,22). The Morgan fingerprint density at radius 2 is 1.73 bits per heavy atom. The Morgan fingerprint density at radius 3 is 2.64 bits per heavy atom. The monoisotopic (exact) mass is 290 g/mol. The summed E-state index contributed by atoms with van der Waals surface area (Å²) in [4.78, 5) is 31.7. The van der Waals surface area contributed by atoms with E-state index in [0.29, 0.717) is 22.6 Å². The van der Waals surface area contributed by atoms with Crippen LogP contribution in [-0.2, 0) is 0 Å². The summed E-state index contributed by atoms with van der Waals surface area (Å²) in [6.45, 7) is 0. The first-order valence-electron chi connectivity index (χ1n) is 6.69. The van der Waals surface area contributed by atoms with Crippen LogP contribution in [0.4, 0.5) is 11.5 Å². The molecule has 6 heteroatoms. The van der Waals surface area contributed by atoms with E-state index in [2.05, 4.69) is 20.6 Å². The molecule has 0 radical (unpaired) electrons. The van der Waals surface area contributed by atoms with Gasteiger partial charge in [0.25, 0.3) is 11.8 Å². The second kappa shape index (κ2) is 4.63. The average Bonchev–Trinajstić information content (AvgIpc) is 2.82. The zero-order valence-corrected chi connectivity index (χ0v) is 11.3. The fourth-order valence-corrected chi connectivity index (χ4v) is 2.49. The van der Waals surface area contributed by atoms with E-state index in [1.807, 2.05) is 24.3 Å². The van der Waals surface area contributed by atoms with Gasteiger partial charge in [-0.1, -0.05) is 12.1 Å². The lowest BCUT2D eigenvalue weighted by molar-refractivity contribution is 0.0879. The van der Waals surface area contributed by atoms with Crippen molar-refractivity contribution in [2.24, 2.45) is 0 Å². The zero-order valence-electron chi connectivity index (χ0n) is 11.3. The van der Waals surface area contributed by atoms with Gasteiger partial charge in [-0.15, -0.1) is 0 Å². The first-order valence-corrected chi connectivity index (χ1v) is 6.69. The summed E-state index contributed by atoms with van der Waals surface area (Å²) in [5.74, 6) is -0.0921. The molecule has 1 aliphatic heterocycles. The second-order valence-electron chi connectivity index (χ2n) is 4.91. The van der Waals surface area contributed by atoms with Gasteiger partial charge in [0.15, 0.2) is 0 Å². The number of para-hydroxylation sites is 1. The van der Waals surface area contributed by atoms with E-state index < -0.39 is 0 Å². The summed E-state index contributed by atoms with van der Waals surface area (Å²) in [5, 5.41) is 6.32. The molecule has 0 fully saturated rings. The Morgan fingerprint density at radius 1 is 0.909 bits per heavy atom. The summed E-state index contributed by atoms with van der Waals surface area (Å²) >= 11 is 0. The van der Waals surface area contributed by atoms with E-state index in [1.54, 1.807) is 18.2 Å². The van der Waals surface area contributed by atoms with Crippen LogP contribution < -0.4 is 10.6 Å². The van der Waals surface area contributed by atoms with Crippen LogP contribution >= 0.6 is 0 Å². The Bertz CT molecular complexity index is 931. The highest BCUT2D eigenvalue weighted by molar-refractivity contribution is 6.21. The number of aromatic nitrogens is 2. The predicted octanol–water partition coefficient (Wildman–Crippen LogP) is 2.26. The van der Waals surface area contributed by atoms with Crippen molar-refractivity contribution in [1.29, 1.82) is 0 Å². The van der Waals surface area contributed by atoms with Crippen molar-refractivity contribution in [3.05, 3.63) is 59.9 Å². The first-order chi connectivity index (χ1) is 10.7. The molecule has 0 bridgehead atoms. The number of benzene rings is 2. The summed E-state index contributed by atoms with van der Waals surface area (Å²) in [6.07, 6.45) is 1.48. The number of nitrogens with one attached hydrogen (secondary N) is 2. The van der Waals surface area contributed by atoms with Crippen molar-refractivity contribution in [3.63, 3.8) is 0 Å². The largest absolute Gasteiger partial charge is 0.340 e. The van der Waals surface area contributed by atoms with Gasteiger partial charge in [0.2, 0.25) is 0 Å². The smallest absolute Gasteiger partial charge is 0.259 e. The van der Waals surface area contributed by atoms with E-state index in [4.69, 9.17) is 0 Å². The molecule has 0 aliphatic carbocycles. The highest BCUT2D eigenvalue weighted by Crippen LogP contribution is 2.25. The number of carbonyl (C=O) groups is 2. The van der Waals surface area contributed by atoms with Gasteiger partial charge in [0.05, 0.1) is 16.6 Å². The predicted molar refractivity (Wildman–Crippen MR) is 81.1 cm³/mol. The summed E-state index contributed by atoms with van der Waals surface area (Å²) < 4.78 is 0. The van der Waals surface area contributed by atoms with Crippen LogP contribution in [0.25, 0.3) is 10.9 Å². The highest BCUT2D eigenvalue weighted by Gasteiger charge is 2.26. The topological polar surface area (TPSA) is 84.0 Å². The molecule has 6 nitrogen and oxygen atoms in total. The third kappa shape index (κ3) is 1.89. The molecule has 2 N–H and O–H groups in total. The minimum absolute atomic E-state index is 0.362. The van der Waals surface area contributed by atoms with Crippen molar-refractivity contribution >= 4 is 34.2 Å². The first kappa shape index (κ1) is 12.5.